The normalized spacial score (nSPS) is 31.7. The van der Waals surface area contributed by atoms with Crippen molar-refractivity contribution in [2.75, 3.05) is 35.7 Å². The van der Waals surface area contributed by atoms with Crippen LogP contribution in [0.25, 0.3) is 0 Å². The molecular weight excluding hydrogens is 562 g/mol. The number of carbonyl (C=O) groups excluding carboxylic acids is 1. The monoisotopic (exact) mass is 601 g/mol. The Morgan fingerprint density at radius 3 is 2.75 bits per heavy atom. The van der Waals surface area contributed by atoms with Gasteiger partial charge in [-0.2, -0.15) is 0 Å². The van der Waals surface area contributed by atoms with Crippen LogP contribution in [0.15, 0.2) is 42.5 Å². The highest BCUT2D eigenvalue weighted by molar-refractivity contribution is 7.93. The maximum absolute atomic E-state index is 13.6. The predicted molar refractivity (Wildman–Crippen MR) is 166 cm³/mol. The van der Waals surface area contributed by atoms with E-state index in [0.29, 0.717) is 29.4 Å². The van der Waals surface area contributed by atoms with Crippen molar-refractivity contribution in [1.29, 1.82) is 0 Å². The van der Waals surface area contributed by atoms with Gasteiger partial charge in [0.25, 0.3) is 0 Å². The lowest BCUT2D eigenvalue weighted by Crippen LogP contribution is -2.45. The number of benzene rings is 2. The summed E-state index contributed by atoms with van der Waals surface area (Å²) < 4.78 is 21.2. The van der Waals surface area contributed by atoms with Crippen molar-refractivity contribution >= 4 is 46.0 Å². The molecule has 3 aliphatic heterocycles. The molecule has 5 unspecified atom stereocenters. The Labute approximate surface area is 249 Å². The number of carbonyl (C=O) groups is 1. The minimum atomic E-state index is -0.737. The van der Waals surface area contributed by atoms with Crippen LogP contribution in [-0.2, 0) is 27.6 Å². The van der Waals surface area contributed by atoms with E-state index in [9.17, 15) is 13.6 Å². The number of halogens is 1. The molecule has 1 amide bonds. The molecule has 2 aromatic rings. The third-order valence-corrected chi connectivity index (χ3v) is 11.9. The van der Waals surface area contributed by atoms with Crippen LogP contribution in [0, 0.1) is 5.92 Å². The SMILES string of the molecule is O=C(CC(c1ccc(Cl)cc1)C1CCS(=O)CC1)Nc1cccc2c1CCC1NCCC(CCCSO)N3CC213. The summed E-state index contributed by atoms with van der Waals surface area (Å²) in [4.78, 5) is 16.3. The Morgan fingerprint density at radius 2 is 1.98 bits per heavy atom. The molecule has 40 heavy (non-hydrogen) atoms. The molecule has 1 aliphatic carbocycles. The van der Waals surface area contributed by atoms with Gasteiger partial charge in [0, 0.05) is 63.8 Å². The van der Waals surface area contributed by atoms with Crippen LogP contribution in [0.4, 0.5) is 5.69 Å². The molecule has 5 atom stereocenters. The number of hydrogen-bond donors (Lipinski definition) is 3. The van der Waals surface area contributed by atoms with Crippen molar-refractivity contribution in [3.8, 4) is 0 Å². The van der Waals surface area contributed by atoms with E-state index in [1.807, 2.05) is 24.3 Å². The molecule has 6 nitrogen and oxygen atoms in total. The van der Waals surface area contributed by atoms with Crippen LogP contribution in [0.1, 0.15) is 67.6 Å². The second kappa shape index (κ2) is 12.4. The van der Waals surface area contributed by atoms with E-state index in [2.05, 4.69) is 33.7 Å². The summed E-state index contributed by atoms with van der Waals surface area (Å²) in [6, 6.07) is 15.3. The molecule has 3 heterocycles. The van der Waals surface area contributed by atoms with Crippen molar-refractivity contribution < 1.29 is 13.6 Å². The van der Waals surface area contributed by atoms with Gasteiger partial charge in [-0.1, -0.05) is 35.9 Å². The van der Waals surface area contributed by atoms with Crippen LogP contribution in [0.5, 0.6) is 0 Å². The van der Waals surface area contributed by atoms with Crippen molar-refractivity contribution in [2.45, 2.75) is 74.9 Å². The quantitative estimate of drug-likeness (QED) is 0.192. The molecule has 2 aromatic carbocycles. The lowest BCUT2D eigenvalue weighted by molar-refractivity contribution is -0.116. The van der Waals surface area contributed by atoms with Crippen LogP contribution in [0.2, 0.25) is 5.02 Å². The van der Waals surface area contributed by atoms with Gasteiger partial charge in [-0.3, -0.25) is 13.9 Å². The molecule has 0 radical (unpaired) electrons. The molecule has 216 valence electrons. The van der Waals surface area contributed by atoms with Crippen molar-refractivity contribution in [3.63, 3.8) is 0 Å². The first-order valence-corrected chi connectivity index (χ1v) is 17.6. The zero-order valence-electron chi connectivity index (χ0n) is 22.9. The van der Waals surface area contributed by atoms with Crippen molar-refractivity contribution in [1.82, 2.24) is 10.2 Å². The van der Waals surface area contributed by atoms with Gasteiger partial charge in [0.05, 0.1) is 5.54 Å². The highest BCUT2D eigenvalue weighted by Gasteiger charge is 2.63. The second-order valence-electron chi connectivity index (χ2n) is 11.9. The third kappa shape index (κ3) is 5.77. The average molecular weight is 602 g/mol. The topological polar surface area (TPSA) is 81.4 Å². The smallest absolute Gasteiger partial charge is 0.225 e. The fourth-order valence-corrected chi connectivity index (χ4v) is 9.50. The van der Waals surface area contributed by atoms with Crippen LogP contribution < -0.4 is 10.6 Å². The van der Waals surface area contributed by atoms with Gasteiger partial charge in [-0.05, 0) is 110 Å². The Bertz CT molecular complexity index is 1230. The first kappa shape index (κ1) is 28.7. The molecule has 9 heteroatoms. The fourth-order valence-electron chi connectivity index (χ4n) is 7.74. The van der Waals surface area contributed by atoms with E-state index in [1.165, 1.54) is 11.1 Å². The number of nitrogens with one attached hydrogen (secondary N) is 2. The summed E-state index contributed by atoms with van der Waals surface area (Å²) in [7, 11) is -0.737. The number of rotatable bonds is 9. The van der Waals surface area contributed by atoms with Crippen LogP contribution >= 0.6 is 23.6 Å². The molecule has 0 bridgehead atoms. The number of amides is 1. The molecular formula is C31H40ClN3O3S2. The van der Waals surface area contributed by atoms with Gasteiger partial charge in [0.15, 0.2) is 0 Å². The molecule has 1 spiro atoms. The lowest BCUT2D eigenvalue weighted by atomic mass is 9.77. The standard InChI is InChI=1S/C31H40ClN3O3S2/c32-23-8-6-21(7-9-23)26(22-13-17-40(38)18-14-22)19-30(36)34-28-5-1-4-27-25(28)10-11-29-31(27)20-35(31)24(12-15-33-29)3-2-16-39-37/h1,4-9,22,24,26,29,33,37H,2-3,10-20H2,(H,34,36). The van der Waals surface area contributed by atoms with E-state index in [-0.39, 0.29) is 17.4 Å². The Hall–Kier alpha value is -1.42. The third-order valence-electron chi connectivity index (χ3n) is 9.78. The number of nitrogens with zero attached hydrogens (tertiary/aromatic N) is 1. The summed E-state index contributed by atoms with van der Waals surface area (Å²) in [5, 5.41) is 7.89. The average Bonchev–Trinajstić information content (AvgIpc) is 3.71. The fraction of sp³-hybridized carbons (Fsp3) is 0.581. The lowest BCUT2D eigenvalue weighted by Gasteiger charge is -2.36. The Balaban J connectivity index is 1.21. The first-order valence-electron chi connectivity index (χ1n) is 14.8. The van der Waals surface area contributed by atoms with Gasteiger partial charge in [0.1, 0.15) is 0 Å². The molecule has 4 aliphatic rings. The second-order valence-corrected chi connectivity index (χ2v) is 14.7. The molecule has 6 rings (SSSR count). The highest BCUT2D eigenvalue weighted by Crippen LogP contribution is 2.55. The molecule has 3 N–H and O–H groups in total. The van der Waals surface area contributed by atoms with E-state index < -0.39 is 10.8 Å². The first-order chi connectivity index (χ1) is 19.5. The molecule has 0 aromatic heterocycles. The number of anilines is 1. The van der Waals surface area contributed by atoms with Gasteiger partial charge >= 0.3 is 0 Å². The van der Waals surface area contributed by atoms with Crippen LogP contribution in [0.3, 0.4) is 0 Å². The number of fused-ring (bicyclic) bond motifs is 1. The van der Waals surface area contributed by atoms with E-state index in [4.69, 9.17) is 11.6 Å². The summed E-state index contributed by atoms with van der Waals surface area (Å²) in [5.74, 6) is 2.70. The Kier molecular flexibility index (Phi) is 8.92. The van der Waals surface area contributed by atoms with Crippen molar-refractivity contribution in [2.24, 2.45) is 5.92 Å². The summed E-state index contributed by atoms with van der Waals surface area (Å²) in [6.45, 7) is 2.10. The zero-order valence-corrected chi connectivity index (χ0v) is 25.3. The largest absolute Gasteiger partial charge is 0.330 e. The predicted octanol–water partition coefficient (Wildman–Crippen LogP) is 5.79. The van der Waals surface area contributed by atoms with Gasteiger partial charge in [-0.15, -0.1) is 0 Å². The zero-order chi connectivity index (χ0) is 27.7. The maximum Gasteiger partial charge on any atom is 0.225 e. The van der Waals surface area contributed by atoms with E-state index >= 15 is 0 Å². The van der Waals surface area contributed by atoms with E-state index in [0.717, 1.165) is 98.6 Å². The molecule has 3 saturated heterocycles. The summed E-state index contributed by atoms with van der Waals surface area (Å²) >= 11 is 7.12. The summed E-state index contributed by atoms with van der Waals surface area (Å²) in [5.41, 5.74) is 4.78. The van der Waals surface area contributed by atoms with Gasteiger partial charge < -0.3 is 15.2 Å². The molecule has 3 fully saturated rings. The van der Waals surface area contributed by atoms with Gasteiger partial charge in [0.2, 0.25) is 5.91 Å². The minimum absolute atomic E-state index is 0.0193. The molecule has 0 saturated carbocycles. The van der Waals surface area contributed by atoms with Crippen LogP contribution in [-0.4, -0.2) is 62.0 Å². The van der Waals surface area contributed by atoms with E-state index in [1.54, 1.807) is 0 Å². The maximum atomic E-state index is 13.6. The Morgan fingerprint density at radius 1 is 1.18 bits per heavy atom. The highest BCUT2D eigenvalue weighted by atomic mass is 35.5. The minimum Gasteiger partial charge on any atom is -0.330 e. The number of hydrogen-bond acceptors (Lipinski definition) is 6. The van der Waals surface area contributed by atoms with Crippen molar-refractivity contribution in [3.05, 3.63) is 64.2 Å². The van der Waals surface area contributed by atoms with Gasteiger partial charge in [-0.25, -0.2) is 0 Å². The summed E-state index contributed by atoms with van der Waals surface area (Å²) in [6.07, 6.45) is 7.49.